The van der Waals surface area contributed by atoms with Gasteiger partial charge in [0.25, 0.3) is 0 Å². The largest absolute Gasteiger partial charge is 0.493 e. The van der Waals surface area contributed by atoms with Gasteiger partial charge < -0.3 is 14.8 Å². The minimum Gasteiger partial charge on any atom is -0.493 e. The van der Waals surface area contributed by atoms with Crippen LogP contribution in [-0.2, 0) is 4.79 Å². The highest BCUT2D eigenvalue weighted by molar-refractivity contribution is 7.80. The highest BCUT2D eigenvalue weighted by Crippen LogP contribution is 2.27. The van der Waals surface area contributed by atoms with E-state index in [2.05, 4.69) is 10.6 Å². The molecule has 2 N–H and O–H groups in total. The number of benzene rings is 2. The summed E-state index contributed by atoms with van der Waals surface area (Å²) in [4.78, 5) is 11.9. The van der Waals surface area contributed by atoms with Crippen LogP contribution in [0, 0.1) is 5.82 Å². The second-order valence-corrected chi connectivity index (χ2v) is 5.84. The van der Waals surface area contributed by atoms with Crippen molar-refractivity contribution in [1.82, 2.24) is 5.32 Å². The van der Waals surface area contributed by atoms with Crippen molar-refractivity contribution < 1.29 is 18.7 Å². The average Bonchev–Trinajstić information content (AvgIpc) is 2.62. The number of hydrogen-bond acceptors (Lipinski definition) is 4. The molecule has 0 aliphatic rings. The fraction of sp³-hybridized carbons (Fsp3) is 0.111. The van der Waals surface area contributed by atoms with Crippen molar-refractivity contribution in [3.05, 3.63) is 58.9 Å². The molecule has 0 atom stereocenters. The van der Waals surface area contributed by atoms with Crippen LogP contribution in [0.15, 0.2) is 42.5 Å². The van der Waals surface area contributed by atoms with Gasteiger partial charge in [0.05, 0.1) is 19.2 Å². The number of amides is 1. The van der Waals surface area contributed by atoms with E-state index in [1.165, 1.54) is 31.4 Å². The first-order valence-electron chi connectivity index (χ1n) is 7.40. The van der Waals surface area contributed by atoms with Crippen LogP contribution in [0.3, 0.4) is 0 Å². The van der Waals surface area contributed by atoms with Crippen LogP contribution in [0.4, 0.5) is 10.1 Å². The van der Waals surface area contributed by atoms with E-state index in [0.717, 1.165) is 5.56 Å². The van der Waals surface area contributed by atoms with Gasteiger partial charge in [-0.1, -0.05) is 17.7 Å². The number of nitrogens with one attached hydrogen (secondary N) is 2. The zero-order valence-corrected chi connectivity index (χ0v) is 15.6. The molecule has 0 radical (unpaired) electrons. The first-order valence-corrected chi connectivity index (χ1v) is 8.18. The summed E-state index contributed by atoms with van der Waals surface area (Å²) in [5, 5.41) is 5.26. The molecular formula is C18H16ClFN2O3S. The standard InChI is InChI=1S/C18H16ClFN2O3S/c1-24-15-7-3-11(9-16(15)25-2)4-8-17(23)22-18(26)21-12-5-6-14(20)13(19)10-12/h3-10H,1-2H3,(H2,21,22,23,26). The van der Waals surface area contributed by atoms with Gasteiger partial charge in [-0.3, -0.25) is 10.1 Å². The van der Waals surface area contributed by atoms with Gasteiger partial charge in [0.1, 0.15) is 5.82 Å². The summed E-state index contributed by atoms with van der Waals surface area (Å²) in [7, 11) is 3.08. The lowest BCUT2D eigenvalue weighted by atomic mass is 10.2. The number of hydrogen-bond donors (Lipinski definition) is 2. The van der Waals surface area contributed by atoms with Gasteiger partial charge in [-0.25, -0.2) is 4.39 Å². The van der Waals surface area contributed by atoms with Crippen molar-refractivity contribution in [2.75, 3.05) is 19.5 Å². The Hall–Kier alpha value is -2.64. The lowest BCUT2D eigenvalue weighted by molar-refractivity contribution is -0.115. The highest BCUT2D eigenvalue weighted by Gasteiger charge is 2.06. The zero-order chi connectivity index (χ0) is 19.1. The Balaban J connectivity index is 1.96. The Morgan fingerprint density at radius 2 is 1.88 bits per heavy atom. The lowest BCUT2D eigenvalue weighted by Gasteiger charge is -2.09. The van der Waals surface area contributed by atoms with E-state index in [9.17, 15) is 9.18 Å². The second kappa shape index (κ2) is 9.17. The third-order valence-electron chi connectivity index (χ3n) is 3.25. The first kappa shape index (κ1) is 19.7. The van der Waals surface area contributed by atoms with E-state index in [1.807, 2.05) is 0 Å². The number of halogens is 2. The smallest absolute Gasteiger partial charge is 0.250 e. The molecule has 0 bridgehead atoms. The predicted octanol–water partition coefficient (Wildman–Crippen LogP) is 4.02. The summed E-state index contributed by atoms with van der Waals surface area (Å²) in [5.41, 5.74) is 1.22. The number of rotatable bonds is 5. The van der Waals surface area contributed by atoms with Crippen LogP contribution in [0.25, 0.3) is 6.08 Å². The van der Waals surface area contributed by atoms with Gasteiger partial charge in [0.2, 0.25) is 5.91 Å². The van der Waals surface area contributed by atoms with Gasteiger partial charge in [-0.05, 0) is 54.2 Å². The molecule has 5 nitrogen and oxygen atoms in total. The molecule has 0 unspecified atom stereocenters. The van der Waals surface area contributed by atoms with Gasteiger partial charge in [0.15, 0.2) is 16.6 Å². The van der Waals surface area contributed by atoms with E-state index in [4.69, 9.17) is 33.3 Å². The summed E-state index contributed by atoms with van der Waals surface area (Å²) in [6.45, 7) is 0. The molecule has 2 aromatic rings. The predicted molar refractivity (Wildman–Crippen MR) is 104 cm³/mol. The van der Waals surface area contributed by atoms with E-state index < -0.39 is 11.7 Å². The Bertz CT molecular complexity index is 858. The quantitative estimate of drug-likeness (QED) is 0.592. The van der Waals surface area contributed by atoms with Crippen molar-refractivity contribution >= 4 is 46.6 Å². The van der Waals surface area contributed by atoms with Crippen LogP contribution >= 0.6 is 23.8 Å². The zero-order valence-electron chi connectivity index (χ0n) is 14.0. The third kappa shape index (κ3) is 5.44. The molecule has 0 spiro atoms. The SMILES string of the molecule is COc1ccc(C=CC(=O)NC(=S)Nc2ccc(F)c(Cl)c2)cc1OC. The van der Waals surface area contributed by atoms with Crippen molar-refractivity contribution in [2.24, 2.45) is 0 Å². The second-order valence-electron chi connectivity index (χ2n) is 5.02. The first-order chi connectivity index (χ1) is 12.4. The summed E-state index contributed by atoms with van der Waals surface area (Å²) in [6.07, 6.45) is 2.93. The van der Waals surface area contributed by atoms with Gasteiger partial charge >= 0.3 is 0 Å². The van der Waals surface area contributed by atoms with Crippen molar-refractivity contribution in [1.29, 1.82) is 0 Å². The van der Waals surface area contributed by atoms with E-state index in [1.54, 1.807) is 31.4 Å². The van der Waals surface area contributed by atoms with Crippen molar-refractivity contribution in [3.8, 4) is 11.5 Å². The number of anilines is 1. The molecule has 0 aromatic heterocycles. The molecule has 0 saturated heterocycles. The third-order valence-corrected chi connectivity index (χ3v) is 3.74. The number of ether oxygens (including phenoxy) is 2. The number of thiocarbonyl (C=S) groups is 1. The maximum absolute atomic E-state index is 13.1. The van der Waals surface area contributed by atoms with Crippen molar-refractivity contribution in [2.45, 2.75) is 0 Å². The summed E-state index contributed by atoms with van der Waals surface area (Å²) < 4.78 is 23.5. The van der Waals surface area contributed by atoms with Crippen LogP contribution in [0.1, 0.15) is 5.56 Å². The van der Waals surface area contributed by atoms with Crippen LogP contribution in [-0.4, -0.2) is 25.2 Å². The van der Waals surface area contributed by atoms with Crippen molar-refractivity contribution in [3.63, 3.8) is 0 Å². The fourth-order valence-electron chi connectivity index (χ4n) is 2.02. The Labute approximate surface area is 160 Å². The van der Waals surface area contributed by atoms with E-state index >= 15 is 0 Å². The Morgan fingerprint density at radius 1 is 1.15 bits per heavy atom. The lowest BCUT2D eigenvalue weighted by Crippen LogP contribution is -2.32. The maximum atomic E-state index is 13.1. The average molecular weight is 395 g/mol. The molecule has 26 heavy (non-hydrogen) atoms. The molecule has 0 saturated carbocycles. The maximum Gasteiger partial charge on any atom is 0.250 e. The van der Waals surface area contributed by atoms with E-state index in [-0.39, 0.29) is 10.1 Å². The Morgan fingerprint density at radius 3 is 2.54 bits per heavy atom. The number of carbonyl (C=O) groups excluding carboxylic acids is 1. The molecule has 8 heteroatoms. The minimum absolute atomic E-state index is 0.0440. The van der Waals surface area contributed by atoms with E-state index in [0.29, 0.717) is 17.2 Å². The molecule has 136 valence electrons. The summed E-state index contributed by atoms with van der Waals surface area (Å²) >= 11 is 10.7. The number of carbonyl (C=O) groups is 1. The van der Waals surface area contributed by atoms with Gasteiger partial charge in [-0.2, -0.15) is 0 Å². The fourth-order valence-corrected chi connectivity index (χ4v) is 2.42. The minimum atomic E-state index is -0.537. The normalized spacial score (nSPS) is 10.5. The number of methoxy groups -OCH3 is 2. The molecule has 2 aromatic carbocycles. The topological polar surface area (TPSA) is 59.6 Å². The molecule has 0 aliphatic carbocycles. The molecule has 0 heterocycles. The van der Waals surface area contributed by atoms with Gasteiger partial charge in [-0.15, -0.1) is 0 Å². The molecule has 0 fully saturated rings. The molecular weight excluding hydrogens is 379 g/mol. The molecule has 2 rings (SSSR count). The van der Waals surface area contributed by atoms with Crippen LogP contribution < -0.4 is 20.1 Å². The Kier molecular flexibility index (Phi) is 6.94. The monoisotopic (exact) mass is 394 g/mol. The molecule has 0 aliphatic heterocycles. The highest BCUT2D eigenvalue weighted by atomic mass is 35.5. The van der Waals surface area contributed by atoms with Crippen LogP contribution in [0.5, 0.6) is 11.5 Å². The summed E-state index contributed by atoms with van der Waals surface area (Å²) in [6, 6.07) is 9.28. The van der Waals surface area contributed by atoms with Crippen LogP contribution in [0.2, 0.25) is 5.02 Å². The summed E-state index contributed by atoms with van der Waals surface area (Å²) in [5.74, 6) is 0.188. The van der Waals surface area contributed by atoms with Gasteiger partial charge in [0, 0.05) is 11.8 Å². The molecule has 1 amide bonds.